The molecule has 6 heteroatoms. The molecule has 0 aliphatic rings. The largest absolute Gasteiger partial charge is 0.464 e. The Morgan fingerprint density at radius 3 is 2.20 bits per heavy atom. The minimum Gasteiger partial charge on any atom is -0.464 e. The quantitative estimate of drug-likeness (QED) is 0.394. The molecule has 0 saturated heterocycles. The van der Waals surface area contributed by atoms with Gasteiger partial charge >= 0.3 is 5.97 Å². The summed E-state index contributed by atoms with van der Waals surface area (Å²) in [5.74, 6) is -0.938. The van der Waals surface area contributed by atoms with Crippen LogP contribution in [0.15, 0.2) is 36.4 Å². The van der Waals surface area contributed by atoms with Crippen molar-refractivity contribution in [2.45, 2.75) is 46.7 Å². The van der Waals surface area contributed by atoms with Crippen molar-refractivity contribution in [3.63, 3.8) is 0 Å². The number of nitrogens with zero attached hydrogens (tertiary/aromatic N) is 2. The first-order chi connectivity index (χ1) is 14.1. The van der Waals surface area contributed by atoms with E-state index in [9.17, 15) is 14.4 Å². The van der Waals surface area contributed by atoms with Crippen molar-refractivity contribution < 1.29 is 19.1 Å². The lowest BCUT2D eigenvalue weighted by Gasteiger charge is -2.31. The molecular weight excluding hydrogens is 380 g/mol. The van der Waals surface area contributed by atoms with E-state index in [4.69, 9.17) is 4.74 Å². The van der Waals surface area contributed by atoms with Crippen LogP contribution in [0.4, 0.5) is 0 Å². The minimum absolute atomic E-state index is 0.179. The fourth-order valence-corrected chi connectivity index (χ4v) is 3.77. The first-order valence-electron chi connectivity index (χ1n) is 9.95. The van der Waals surface area contributed by atoms with Crippen molar-refractivity contribution >= 4 is 23.7 Å². The molecule has 0 aliphatic heterocycles. The van der Waals surface area contributed by atoms with Gasteiger partial charge < -0.3 is 14.2 Å². The molecule has 1 aromatic carbocycles. The Bertz CT molecular complexity index is 971. The number of ether oxygens (including phenoxy) is 1. The molecule has 0 N–H and O–H groups in total. The molecule has 0 aliphatic carbocycles. The molecule has 0 unspecified atom stereocenters. The number of rotatable bonds is 7. The van der Waals surface area contributed by atoms with Crippen LogP contribution in [0.3, 0.4) is 0 Å². The summed E-state index contributed by atoms with van der Waals surface area (Å²) < 4.78 is 6.52. The number of methoxy groups -OCH3 is 1. The Kier molecular flexibility index (Phi) is 7.38. The highest BCUT2D eigenvalue weighted by Gasteiger charge is 2.32. The zero-order chi connectivity index (χ0) is 22.6. The number of carbonyl (C=O) groups excluding carboxylic acids is 3. The van der Waals surface area contributed by atoms with Gasteiger partial charge in [-0.05, 0) is 51.8 Å². The molecule has 0 bridgehead atoms. The van der Waals surface area contributed by atoms with Crippen LogP contribution >= 0.6 is 0 Å². The number of ketones is 1. The van der Waals surface area contributed by atoms with Crippen LogP contribution in [0.25, 0.3) is 6.08 Å². The number of hydrogen-bond donors (Lipinski definition) is 0. The van der Waals surface area contributed by atoms with Gasteiger partial charge in [-0.1, -0.05) is 30.3 Å². The Balaban J connectivity index is 2.37. The highest BCUT2D eigenvalue weighted by molar-refractivity contribution is 6.07. The fourth-order valence-electron chi connectivity index (χ4n) is 3.77. The van der Waals surface area contributed by atoms with Crippen LogP contribution in [-0.4, -0.2) is 46.3 Å². The third-order valence-corrected chi connectivity index (χ3v) is 5.38. The molecule has 1 aromatic heterocycles. The van der Waals surface area contributed by atoms with Gasteiger partial charge in [0.25, 0.3) is 0 Å². The van der Waals surface area contributed by atoms with Crippen molar-refractivity contribution in [3.05, 3.63) is 64.5 Å². The highest BCUT2D eigenvalue weighted by Crippen LogP contribution is 2.25. The lowest BCUT2D eigenvalue weighted by atomic mass is 9.99. The van der Waals surface area contributed by atoms with E-state index in [0.717, 1.165) is 5.56 Å². The predicted octanol–water partition coefficient (Wildman–Crippen LogP) is 3.95. The van der Waals surface area contributed by atoms with E-state index in [1.807, 2.05) is 44.2 Å². The number of benzene rings is 1. The normalized spacial score (nSPS) is 12.3. The molecule has 1 heterocycles. The number of Topliss-reactive ketones (excluding diaryl/α,β-unsaturated/α-hetero) is 1. The maximum Gasteiger partial charge on any atom is 0.354 e. The second kappa shape index (κ2) is 9.57. The SMILES string of the molecule is COC(=O)c1c(C)c(C(=O)[C@H](C)N(C(=O)/C=C/c2ccccc2)C(C)C)c(C)n1C. The fraction of sp³-hybridized carbons (Fsp3) is 0.375. The third-order valence-electron chi connectivity index (χ3n) is 5.38. The first kappa shape index (κ1) is 23.1. The van der Waals surface area contributed by atoms with Gasteiger partial charge in [-0.25, -0.2) is 4.79 Å². The van der Waals surface area contributed by atoms with Crippen LogP contribution in [0.2, 0.25) is 0 Å². The molecule has 1 atom stereocenters. The Morgan fingerprint density at radius 1 is 1.07 bits per heavy atom. The van der Waals surface area contributed by atoms with Gasteiger partial charge in [0.05, 0.1) is 13.2 Å². The van der Waals surface area contributed by atoms with E-state index in [1.54, 1.807) is 43.4 Å². The predicted molar refractivity (Wildman–Crippen MR) is 117 cm³/mol. The van der Waals surface area contributed by atoms with E-state index < -0.39 is 12.0 Å². The number of amides is 1. The van der Waals surface area contributed by atoms with Crippen LogP contribution in [-0.2, 0) is 16.6 Å². The molecule has 1 amide bonds. The van der Waals surface area contributed by atoms with E-state index in [2.05, 4.69) is 0 Å². The van der Waals surface area contributed by atoms with Crippen LogP contribution in [0.1, 0.15) is 58.4 Å². The Hall–Kier alpha value is -3.15. The zero-order valence-electron chi connectivity index (χ0n) is 18.7. The summed E-state index contributed by atoms with van der Waals surface area (Å²) >= 11 is 0. The lowest BCUT2D eigenvalue weighted by Crippen LogP contribution is -2.46. The second-order valence-electron chi connectivity index (χ2n) is 7.61. The highest BCUT2D eigenvalue weighted by atomic mass is 16.5. The van der Waals surface area contributed by atoms with Gasteiger partial charge in [0.2, 0.25) is 5.91 Å². The molecule has 2 aromatic rings. The average Bonchev–Trinajstić information content (AvgIpc) is 2.94. The molecule has 30 heavy (non-hydrogen) atoms. The smallest absolute Gasteiger partial charge is 0.354 e. The van der Waals surface area contributed by atoms with Crippen molar-refractivity contribution in [1.82, 2.24) is 9.47 Å². The van der Waals surface area contributed by atoms with Gasteiger partial charge in [0.1, 0.15) is 5.69 Å². The first-order valence-corrected chi connectivity index (χ1v) is 9.95. The monoisotopic (exact) mass is 410 g/mol. The number of hydrogen-bond acceptors (Lipinski definition) is 4. The summed E-state index contributed by atoms with van der Waals surface area (Å²) in [6, 6.07) is 8.65. The third kappa shape index (κ3) is 4.53. The van der Waals surface area contributed by atoms with E-state index in [-0.39, 0.29) is 17.7 Å². The summed E-state index contributed by atoms with van der Waals surface area (Å²) in [5, 5.41) is 0. The number of carbonyl (C=O) groups is 3. The second-order valence-corrected chi connectivity index (χ2v) is 7.61. The van der Waals surface area contributed by atoms with Gasteiger partial charge in [0, 0.05) is 30.4 Å². The minimum atomic E-state index is -0.691. The number of esters is 1. The zero-order valence-corrected chi connectivity index (χ0v) is 18.7. The van der Waals surface area contributed by atoms with Crippen LogP contribution < -0.4 is 0 Å². The molecule has 0 saturated carbocycles. The average molecular weight is 411 g/mol. The van der Waals surface area contributed by atoms with Crippen molar-refractivity contribution in [2.24, 2.45) is 7.05 Å². The van der Waals surface area contributed by atoms with Gasteiger partial charge in [-0.2, -0.15) is 0 Å². The molecule has 6 nitrogen and oxygen atoms in total. The van der Waals surface area contributed by atoms with E-state index >= 15 is 0 Å². The standard InChI is InChI=1S/C24H30N2O4/c1-15(2)26(20(27)14-13-19-11-9-8-10-12-19)18(5)23(28)21-16(3)22(24(29)30-7)25(6)17(21)4/h8-15,18H,1-7H3/b14-13+/t18-/m0/s1. The molecule has 2 rings (SSSR count). The van der Waals surface area contributed by atoms with E-state index in [0.29, 0.717) is 22.5 Å². The maximum atomic E-state index is 13.4. The van der Waals surface area contributed by atoms with Crippen LogP contribution in [0, 0.1) is 13.8 Å². The molecule has 0 fully saturated rings. The van der Waals surface area contributed by atoms with E-state index in [1.165, 1.54) is 13.2 Å². The summed E-state index contributed by atoms with van der Waals surface area (Å²) in [6.45, 7) is 9.00. The van der Waals surface area contributed by atoms with Crippen molar-refractivity contribution in [3.8, 4) is 0 Å². The molecule has 160 valence electrons. The topological polar surface area (TPSA) is 68.6 Å². The van der Waals surface area contributed by atoms with Gasteiger partial charge in [-0.3, -0.25) is 9.59 Å². The molecular formula is C24H30N2O4. The lowest BCUT2D eigenvalue weighted by molar-refractivity contribution is -0.128. The summed E-state index contributed by atoms with van der Waals surface area (Å²) in [5.41, 5.74) is 2.94. The number of aromatic nitrogens is 1. The van der Waals surface area contributed by atoms with Gasteiger partial charge in [0.15, 0.2) is 5.78 Å². The van der Waals surface area contributed by atoms with Crippen molar-refractivity contribution in [1.29, 1.82) is 0 Å². The molecule has 0 radical (unpaired) electrons. The Morgan fingerprint density at radius 2 is 1.67 bits per heavy atom. The van der Waals surface area contributed by atoms with Crippen molar-refractivity contribution in [2.75, 3.05) is 7.11 Å². The van der Waals surface area contributed by atoms with Crippen LogP contribution in [0.5, 0.6) is 0 Å². The Labute approximate surface area is 178 Å². The molecule has 0 spiro atoms. The maximum absolute atomic E-state index is 13.4. The summed E-state index contributed by atoms with van der Waals surface area (Å²) in [4.78, 5) is 40.1. The van der Waals surface area contributed by atoms with Gasteiger partial charge in [-0.15, -0.1) is 0 Å². The summed E-state index contributed by atoms with van der Waals surface area (Å²) in [7, 11) is 3.04. The summed E-state index contributed by atoms with van der Waals surface area (Å²) in [6.07, 6.45) is 3.23.